The molecule has 0 spiro atoms. The Balaban J connectivity index is 1.80. The summed E-state index contributed by atoms with van der Waals surface area (Å²) in [6, 6.07) is 0. The van der Waals surface area contributed by atoms with Gasteiger partial charge in [0, 0.05) is 24.7 Å². The Kier molecular flexibility index (Phi) is 8.85. The van der Waals surface area contributed by atoms with E-state index in [0.717, 1.165) is 37.3 Å². The molecule has 6 nitrogen and oxygen atoms in total. The summed E-state index contributed by atoms with van der Waals surface area (Å²) < 4.78 is 14.6. The molecule has 2 aliphatic heterocycles. The predicted molar refractivity (Wildman–Crippen MR) is 134 cm³/mol. The first-order chi connectivity index (χ1) is 14.9. The molecule has 0 amide bonds. The molecule has 3 rings (SSSR count). The first-order valence-corrected chi connectivity index (χ1v) is 12.0. The summed E-state index contributed by atoms with van der Waals surface area (Å²) in [5, 5.41) is 11.5. The van der Waals surface area contributed by atoms with Crippen LogP contribution in [0.25, 0.3) is 6.08 Å². The van der Waals surface area contributed by atoms with Crippen LogP contribution in [-0.2, 0) is 0 Å². The van der Waals surface area contributed by atoms with Crippen LogP contribution in [0.5, 0.6) is 0 Å². The van der Waals surface area contributed by atoms with Gasteiger partial charge in [-0.2, -0.15) is 0 Å². The van der Waals surface area contributed by atoms with Crippen molar-refractivity contribution in [1.29, 1.82) is 0 Å². The molecule has 1 unspecified atom stereocenters. The standard InChI is InChI=1S/C22H29ClFIN6/c1-15(5-3-4-9-23)19(16(2)24)31-21-20-18(29-14-30-21)7-6-17(11-27-20)28-13-22(25)8-10-26-12-22/h3-4,6-7,14,16,26,28H,5,8-13H2,1-2H3,(H,29,30,31)/b4-3-,19-15+/t16-,22?/m0/s1. The Bertz CT molecular complexity index is 982. The number of hydrogen-bond donors (Lipinski definition) is 3. The number of halogens is 3. The second-order valence-electron chi connectivity index (χ2n) is 7.83. The lowest BCUT2D eigenvalue weighted by molar-refractivity contribution is 0.410. The first kappa shape index (κ1) is 24.1. The molecule has 0 aromatic carbocycles. The number of anilines is 1. The number of nitrogens with one attached hydrogen (secondary N) is 3. The third-order valence-electron chi connectivity index (χ3n) is 5.31. The molecule has 0 radical (unpaired) electrons. The Morgan fingerprint density at radius 2 is 2.23 bits per heavy atom. The maximum absolute atomic E-state index is 14.4. The average molecular weight is 559 g/mol. The zero-order chi connectivity index (χ0) is 22.3. The fourth-order valence-electron chi connectivity index (χ4n) is 3.52. The number of aromatic nitrogens is 2. The van der Waals surface area contributed by atoms with Crippen LogP contribution in [0.15, 0.2) is 46.5 Å². The SMILES string of the molecule is C/C(C/C=C\CCl)=C(\Nc1ncnc2c1=NCC(NCC1(I)CCNC1)=CC=2)[C@H](C)F. The van der Waals surface area contributed by atoms with Gasteiger partial charge in [-0.25, -0.2) is 14.4 Å². The Labute approximate surface area is 201 Å². The van der Waals surface area contributed by atoms with Crippen molar-refractivity contribution < 1.29 is 4.39 Å². The van der Waals surface area contributed by atoms with Gasteiger partial charge < -0.3 is 16.0 Å². The van der Waals surface area contributed by atoms with Crippen molar-refractivity contribution in [3.63, 3.8) is 0 Å². The molecule has 0 aliphatic carbocycles. The van der Waals surface area contributed by atoms with Gasteiger partial charge in [0.2, 0.25) is 0 Å². The fraction of sp³-hybridized carbons (Fsp3) is 0.500. The van der Waals surface area contributed by atoms with E-state index in [0.29, 0.717) is 41.1 Å². The number of allylic oxidation sites excluding steroid dienone is 5. The maximum Gasteiger partial charge on any atom is 0.159 e. The molecular weight excluding hydrogens is 530 g/mol. The maximum atomic E-state index is 14.4. The Hall–Kier alpha value is -1.52. The molecule has 0 saturated carbocycles. The van der Waals surface area contributed by atoms with E-state index in [9.17, 15) is 4.39 Å². The van der Waals surface area contributed by atoms with E-state index >= 15 is 0 Å². The summed E-state index contributed by atoms with van der Waals surface area (Å²) in [6.45, 7) is 6.85. The van der Waals surface area contributed by atoms with Crippen LogP contribution in [0.2, 0.25) is 0 Å². The van der Waals surface area contributed by atoms with Crippen LogP contribution in [-0.4, -0.2) is 51.6 Å². The summed E-state index contributed by atoms with van der Waals surface area (Å²) in [4.78, 5) is 13.5. The minimum atomic E-state index is -1.17. The lowest BCUT2D eigenvalue weighted by Gasteiger charge is -2.22. The largest absolute Gasteiger partial charge is 0.385 e. The second kappa shape index (κ2) is 11.4. The van der Waals surface area contributed by atoms with Crippen LogP contribution in [0, 0.1) is 0 Å². The van der Waals surface area contributed by atoms with Crippen molar-refractivity contribution in [2.24, 2.45) is 4.99 Å². The van der Waals surface area contributed by atoms with Crippen molar-refractivity contribution in [3.8, 4) is 0 Å². The molecule has 1 aromatic heterocycles. The van der Waals surface area contributed by atoms with Crippen molar-refractivity contribution >= 4 is 46.1 Å². The van der Waals surface area contributed by atoms with Gasteiger partial charge in [0.25, 0.3) is 0 Å². The topological polar surface area (TPSA) is 74.2 Å². The molecular formula is C22H29ClFIN6. The van der Waals surface area contributed by atoms with Crippen LogP contribution < -0.4 is 26.7 Å². The third kappa shape index (κ3) is 6.73. The van der Waals surface area contributed by atoms with Gasteiger partial charge in [0.1, 0.15) is 17.9 Å². The van der Waals surface area contributed by atoms with E-state index in [4.69, 9.17) is 16.6 Å². The van der Waals surface area contributed by atoms with E-state index in [1.165, 1.54) is 13.3 Å². The summed E-state index contributed by atoms with van der Waals surface area (Å²) in [7, 11) is 0. The molecule has 2 aliphatic rings. The van der Waals surface area contributed by atoms with Crippen molar-refractivity contribution in [2.75, 3.05) is 37.4 Å². The van der Waals surface area contributed by atoms with Gasteiger partial charge in [0.15, 0.2) is 5.82 Å². The highest BCUT2D eigenvalue weighted by Gasteiger charge is 2.30. The smallest absolute Gasteiger partial charge is 0.159 e. The zero-order valence-corrected chi connectivity index (χ0v) is 20.8. The Morgan fingerprint density at radius 1 is 1.39 bits per heavy atom. The number of nitrogens with zero attached hydrogens (tertiary/aromatic N) is 3. The summed E-state index contributed by atoms with van der Waals surface area (Å²) in [5.74, 6) is 0.954. The molecule has 1 aromatic rings. The zero-order valence-electron chi connectivity index (χ0n) is 17.9. The van der Waals surface area contributed by atoms with Crippen molar-refractivity contribution in [2.45, 2.75) is 36.3 Å². The highest BCUT2D eigenvalue weighted by Crippen LogP contribution is 2.25. The van der Waals surface area contributed by atoms with E-state index in [2.05, 4.69) is 48.5 Å². The van der Waals surface area contributed by atoms with Crippen LogP contribution in [0.3, 0.4) is 0 Å². The Morgan fingerprint density at radius 3 is 2.94 bits per heavy atom. The highest BCUT2D eigenvalue weighted by molar-refractivity contribution is 14.1. The number of hydrogen-bond acceptors (Lipinski definition) is 6. The number of rotatable bonds is 9. The van der Waals surface area contributed by atoms with Crippen LogP contribution >= 0.6 is 34.2 Å². The quantitative estimate of drug-likeness (QED) is 0.247. The molecule has 168 valence electrons. The van der Waals surface area contributed by atoms with Gasteiger partial charge >= 0.3 is 0 Å². The highest BCUT2D eigenvalue weighted by atomic mass is 127. The average Bonchev–Trinajstić information content (AvgIpc) is 3.07. The first-order valence-electron chi connectivity index (χ1n) is 10.4. The van der Waals surface area contributed by atoms with Crippen molar-refractivity contribution in [3.05, 3.63) is 52.2 Å². The minimum Gasteiger partial charge on any atom is -0.385 e. The monoisotopic (exact) mass is 558 g/mol. The van der Waals surface area contributed by atoms with Crippen LogP contribution in [0.4, 0.5) is 10.2 Å². The lowest BCUT2D eigenvalue weighted by atomic mass is 10.1. The third-order valence-corrected chi connectivity index (χ3v) is 6.80. The van der Waals surface area contributed by atoms with Crippen molar-refractivity contribution in [1.82, 2.24) is 20.6 Å². The normalized spacial score (nSPS) is 22.5. The van der Waals surface area contributed by atoms with E-state index in [-0.39, 0.29) is 3.42 Å². The van der Waals surface area contributed by atoms with Gasteiger partial charge in [-0.15, -0.1) is 11.6 Å². The predicted octanol–water partition coefficient (Wildman–Crippen LogP) is 2.76. The minimum absolute atomic E-state index is 0.219. The molecule has 3 N–H and O–H groups in total. The molecule has 1 fully saturated rings. The molecule has 3 heterocycles. The van der Waals surface area contributed by atoms with Gasteiger partial charge in [-0.3, -0.25) is 4.99 Å². The van der Waals surface area contributed by atoms with Crippen LogP contribution in [0.1, 0.15) is 26.7 Å². The fourth-order valence-corrected chi connectivity index (χ4v) is 4.37. The van der Waals surface area contributed by atoms with E-state index < -0.39 is 6.17 Å². The molecule has 2 atom stereocenters. The molecule has 31 heavy (non-hydrogen) atoms. The summed E-state index contributed by atoms with van der Waals surface area (Å²) >= 11 is 8.23. The van der Waals surface area contributed by atoms with E-state index in [1.807, 2.05) is 31.2 Å². The molecule has 1 saturated heterocycles. The van der Waals surface area contributed by atoms with Gasteiger partial charge in [-0.05, 0) is 51.0 Å². The number of alkyl halides is 3. The lowest BCUT2D eigenvalue weighted by Crippen LogP contribution is -2.37. The molecule has 0 bridgehead atoms. The van der Waals surface area contributed by atoms with Gasteiger partial charge in [0.05, 0.1) is 21.0 Å². The van der Waals surface area contributed by atoms with Gasteiger partial charge in [-0.1, -0.05) is 34.7 Å². The second-order valence-corrected chi connectivity index (χ2v) is 10.4. The van der Waals surface area contributed by atoms with E-state index in [1.54, 1.807) is 0 Å². The molecule has 9 heteroatoms. The summed E-state index contributed by atoms with van der Waals surface area (Å²) in [5.41, 5.74) is 2.41. The summed E-state index contributed by atoms with van der Waals surface area (Å²) in [6.07, 6.45) is 9.82. The number of fused-ring (bicyclic) bond motifs is 1.